The molecule has 0 spiro atoms. The smallest absolute Gasteiger partial charge is 0.228 e. The topological polar surface area (TPSA) is 80.0 Å². The van der Waals surface area contributed by atoms with Crippen LogP contribution in [0, 0.1) is 0 Å². The van der Waals surface area contributed by atoms with Crippen LogP contribution in [0.15, 0.2) is 47.0 Å². The minimum absolute atomic E-state index is 0.192. The number of nitrogens with one attached hydrogen (secondary N) is 2. The van der Waals surface area contributed by atoms with Gasteiger partial charge in [-0.2, -0.15) is 4.98 Å². The maximum Gasteiger partial charge on any atom is 0.228 e. The van der Waals surface area contributed by atoms with Crippen LogP contribution in [0.25, 0.3) is 22.7 Å². The number of carbonyl (C=O) groups is 1. The molecule has 2 aromatic heterocycles. The Morgan fingerprint density at radius 1 is 1.26 bits per heavy atom. The molecule has 0 bridgehead atoms. The summed E-state index contributed by atoms with van der Waals surface area (Å²) < 4.78 is 5.68. The zero-order chi connectivity index (χ0) is 16.2. The molecule has 116 valence electrons. The van der Waals surface area contributed by atoms with Crippen molar-refractivity contribution in [1.29, 1.82) is 0 Å². The Kier molecular flexibility index (Phi) is 4.29. The third-order valence-electron chi connectivity index (χ3n) is 3.11. The number of carbonyl (C=O) groups excluding carboxylic acids is 1. The van der Waals surface area contributed by atoms with E-state index in [1.54, 1.807) is 6.20 Å². The molecule has 0 radical (unpaired) electrons. The normalized spacial score (nSPS) is 10.5. The molecule has 23 heavy (non-hydrogen) atoms. The van der Waals surface area contributed by atoms with Gasteiger partial charge < -0.3 is 15.1 Å². The van der Waals surface area contributed by atoms with Crippen LogP contribution >= 0.6 is 12.2 Å². The van der Waals surface area contributed by atoms with E-state index in [0.29, 0.717) is 28.8 Å². The van der Waals surface area contributed by atoms with Crippen LogP contribution in [-0.4, -0.2) is 21.0 Å². The molecule has 0 saturated carbocycles. The van der Waals surface area contributed by atoms with Gasteiger partial charge in [0, 0.05) is 25.2 Å². The van der Waals surface area contributed by atoms with Crippen molar-refractivity contribution in [2.45, 2.75) is 13.5 Å². The molecule has 0 aliphatic carbocycles. The number of amides is 1. The lowest BCUT2D eigenvalue weighted by Crippen LogP contribution is -2.37. The standard InChI is InChI=1S/C16H14N4O2S/c1-10(21)19-16(23)18-9-11-4-6-12(7-5-11)15-20-14-13(22-15)3-2-8-17-14/h2-8H,9H2,1H3,(H2,18,19,21,23). The molecule has 3 rings (SSSR count). The molecule has 0 saturated heterocycles. The second-order valence-electron chi connectivity index (χ2n) is 4.90. The van der Waals surface area contributed by atoms with Crippen molar-refractivity contribution in [3.05, 3.63) is 48.2 Å². The molecule has 0 fully saturated rings. The van der Waals surface area contributed by atoms with E-state index < -0.39 is 0 Å². The van der Waals surface area contributed by atoms with Gasteiger partial charge in [-0.25, -0.2) is 4.98 Å². The van der Waals surface area contributed by atoms with Crippen LogP contribution in [0.1, 0.15) is 12.5 Å². The third kappa shape index (κ3) is 3.70. The fourth-order valence-electron chi connectivity index (χ4n) is 2.04. The van der Waals surface area contributed by atoms with Crippen molar-refractivity contribution in [2.75, 3.05) is 0 Å². The maximum atomic E-state index is 10.9. The van der Waals surface area contributed by atoms with Gasteiger partial charge in [0.15, 0.2) is 16.3 Å². The molecule has 3 aromatic rings. The number of oxazole rings is 1. The summed E-state index contributed by atoms with van der Waals surface area (Å²) in [6.45, 7) is 1.94. The van der Waals surface area contributed by atoms with Gasteiger partial charge in [0.1, 0.15) is 0 Å². The highest BCUT2D eigenvalue weighted by molar-refractivity contribution is 7.80. The molecule has 6 nitrogen and oxygen atoms in total. The third-order valence-corrected chi connectivity index (χ3v) is 3.35. The van der Waals surface area contributed by atoms with Crippen molar-refractivity contribution in [3.63, 3.8) is 0 Å². The van der Waals surface area contributed by atoms with E-state index in [2.05, 4.69) is 20.6 Å². The molecule has 1 amide bonds. The average Bonchev–Trinajstić information content (AvgIpc) is 2.97. The minimum atomic E-state index is -0.192. The first-order chi connectivity index (χ1) is 11.1. The number of aromatic nitrogens is 2. The fraction of sp³-hybridized carbons (Fsp3) is 0.125. The fourth-order valence-corrected chi connectivity index (χ4v) is 2.26. The Labute approximate surface area is 137 Å². The van der Waals surface area contributed by atoms with Gasteiger partial charge >= 0.3 is 0 Å². The highest BCUT2D eigenvalue weighted by atomic mass is 32.1. The quantitative estimate of drug-likeness (QED) is 0.720. The molecule has 7 heteroatoms. The van der Waals surface area contributed by atoms with Gasteiger partial charge in [-0.05, 0) is 42.0 Å². The lowest BCUT2D eigenvalue weighted by molar-refractivity contribution is -0.117. The molecule has 2 heterocycles. The minimum Gasteiger partial charge on any atom is -0.434 e. The second-order valence-corrected chi connectivity index (χ2v) is 5.31. The zero-order valence-corrected chi connectivity index (χ0v) is 13.2. The molecule has 0 atom stereocenters. The second kappa shape index (κ2) is 6.53. The Morgan fingerprint density at radius 2 is 2.04 bits per heavy atom. The van der Waals surface area contributed by atoms with Crippen molar-refractivity contribution >= 4 is 34.5 Å². The number of benzene rings is 1. The van der Waals surface area contributed by atoms with Crippen molar-refractivity contribution in [2.24, 2.45) is 0 Å². The molecule has 0 aliphatic rings. The number of rotatable bonds is 3. The molecule has 0 unspecified atom stereocenters. The van der Waals surface area contributed by atoms with Crippen LogP contribution in [0.4, 0.5) is 0 Å². The highest BCUT2D eigenvalue weighted by Gasteiger charge is 2.08. The number of pyridine rings is 1. The van der Waals surface area contributed by atoms with E-state index >= 15 is 0 Å². The zero-order valence-electron chi connectivity index (χ0n) is 12.4. The van der Waals surface area contributed by atoms with Gasteiger partial charge in [0.25, 0.3) is 0 Å². The summed E-state index contributed by atoms with van der Waals surface area (Å²) in [5.41, 5.74) is 3.15. The first-order valence-corrected chi connectivity index (χ1v) is 7.39. The van der Waals surface area contributed by atoms with Gasteiger partial charge in [-0.15, -0.1) is 0 Å². The number of fused-ring (bicyclic) bond motifs is 1. The van der Waals surface area contributed by atoms with Crippen molar-refractivity contribution in [3.8, 4) is 11.5 Å². The van der Waals surface area contributed by atoms with Gasteiger partial charge in [-0.3, -0.25) is 4.79 Å². The molecular weight excluding hydrogens is 312 g/mol. The van der Waals surface area contributed by atoms with E-state index in [1.807, 2.05) is 36.4 Å². The summed E-state index contributed by atoms with van der Waals surface area (Å²) in [5, 5.41) is 5.79. The lowest BCUT2D eigenvalue weighted by Gasteiger charge is -2.08. The average molecular weight is 326 g/mol. The number of thiocarbonyl (C=S) groups is 1. The summed E-state index contributed by atoms with van der Waals surface area (Å²) in [6, 6.07) is 11.4. The van der Waals surface area contributed by atoms with E-state index in [1.165, 1.54) is 6.92 Å². The predicted octanol–water partition coefficient (Wildman–Crippen LogP) is 2.40. The SMILES string of the molecule is CC(=O)NC(=S)NCc1ccc(-c2nc3ncccc3o2)cc1. The van der Waals surface area contributed by atoms with E-state index in [9.17, 15) is 4.79 Å². The van der Waals surface area contributed by atoms with Crippen LogP contribution < -0.4 is 10.6 Å². The maximum absolute atomic E-state index is 10.9. The number of hydrogen-bond donors (Lipinski definition) is 2. The number of hydrogen-bond acceptors (Lipinski definition) is 5. The monoisotopic (exact) mass is 326 g/mol. The summed E-state index contributed by atoms with van der Waals surface area (Å²) in [4.78, 5) is 19.4. The summed E-state index contributed by atoms with van der Waals surface area (Å²) in [7, 11) is 0. The Balaban J connectivity index is 1.69. The van der Waals surface area contributed by atoms with Crippen LogP contribution in [0.3, 0.4) is 0 Å². The summed E-state index contributed by atoms with van der Waals surface area (Å²) in [5.74, 6) is 0.342. The van der Waals surface area contributed by atoms with E-state index in [4.69, 9.17) is 16.6 Å². The van der Waals surface area contributed by atoms with Crippen LogP contribution in [0.2, 0.25) is 0 Å². The number of nitrogens with zero attached hydrogens (tertiary/aromatic N) is 2. The Morgan fingerprint density at radius 3 is 2.74 bits per heavy atom. The molecular formula is C16H14N4O2S. The van der Waals surface area contributed by atoms with Gasteiger partial charge in [-0.1, -0.05) is 12.1 Å². The lowest BCUT2D eigenvalue weighted by atomic mass is 10.1. The predicted molar refractivity (Wildman–Crippen MR) is 90.5 cm³/mol. The van der Waals surface area contributed by atoms with Gasteiger partial charge in [0.2, 0.25) is 11.8 Å². The first kappa shape index (κ1) is 15.1. The van der Waals surface area contributed by atoms with E-state index in [0.717, 1.165) is 11.1 Å². The molecule has 2 N–H and O–H groups in total. The van der Waals surface area contributed by atoms with Crippen molar-refractivity contribution in [1.82, 2.24) is 20.6 Å². The van der Waals surface area contributed by atoms with E-state index in [-0.39, 0.29) is 5.91 Å². The molecule has 1 aromatic carbocycles. The largest absolute Gasteiger partial charge is 0.434 e. The Hall–Kier alpha value is -2.80. The van der Waals surface area contributed by atoms with Gasteiger partial charge in [0.05, 0.1) is 0 Å². The summed E-state index contributed by atoms with van der Waals surface area (Å²) >= 11 is 4.99. The van der Waals surface area contributed by atoms with Crippen molar-refractivity contribution < 1.29 is 9.21 Å². The first-order valence-electron chi connectivity index (χ1n) is 6.98. The Bertz CT molecular complexity index is 825. The van der Waals surface area contributed by atoms with Crippen LogP contribution in [0.5, 0.6) is 0 Å². The summed E-state index contributed by atoms with van der Waals surface area (Å²) in [6.07, 6.45) is 1.68. The van der Waals surface area contributed by atoms with Crippen LogP contribution in [-0.2, 0) is 11.3 Å². The molecule has 0 aliphatic heterocycles. The highest BCUT2D eigenvalue weighted by Crippen LogP contribution is 2.23.